The Kier molecular flexibility index (Phi) is 11.6. The number of carbonyl (C=O) groups is 3. The predicted molar refractivity (Wildman–Crippen MR) is 130 cm³/mol. The van der Waals surface area contributed by atoms with Gasteiger partial charge in [-0.2, -0.15) is 0 Å². The van der Waals surface area contributed by atoms with E-state index in [4.69, 9.17) is 18.0 Å². The van der Waals surface area contributed by atoms with Crippen LogP contribution in [-0.2, 0) is 13.3 Å². The molecule has 2 aromatic rings. The number of nitrogens with one attached hydrogen (secondary N) is 1. The Morgan fingerprint density at radius 2 is 1.38 bits per heavy atom. The zero-order valence-corrected chi connectivity index (χ0v) is 21.0. The molecule has 1 N–H and O–H groups in total. The summed E-state index contributed by atoms with van der Waals surface area (Å²) in [7, 11) is -2.78. The van der Waals surface area contributed by atoms with Crippen LogP contribution in [0, 0.1) is 0 Å². The van der Waals surface area contributed by atoms with Crippen molar-refractivity contribution in [3.05, 3.63) is 65.7 Å². The van der Waals surface area contributed by atoms with Crippen LogP contribution < -0.4 is 10.1 Å². The highest BCUT2D eigenvalue weighted by Gasteiger charge is 2.39. The number of benzene rings is 2. The molecule has 0 aromatic heterocycles. The smallest absolute Gasteiger partial charge is 0.410 e. The topological polar surface area (TPSA) is 100 Å². The minimum absolute atomic E-state index is 0.104. The van der Waals surface area contributed by atoms with Crippen LogP contribution in [0.2, 0.25) is 6.04 Å². The lowest BCUT2D eigenvalue weighted by Gasteiger charge is -2.28. The molecule has 0 unspecified atom stereocenters. The molecule has 8 nitrogen and oxygen atoms in total. The molecule has 0 radical (unpaired) electrons. The van der Waals surface area contributed by atoms with Crippen molar-refractivity contribution in [1.29, 1.82) is 0 Å². The van der Waals surface area contributed by atoms with Gasteiger partial charge in [0.05, 0.1) is 12.0 Å². The Bertz CT molecular complexity index is 919. The van der Waals surface area contributed by atoms with E-state index in [-0.39, 0.29) is 23.5 Å². The lowest BCUT2D eigenvalue weighted by atomic mass is 10.0. The second-order valence-corrected chi connectivity index (χ2v) is 10.0. The second-order valence-electron chi connectivity index (χ2n) is 7.29. The van der Waals surface area contributed by atoms with Gasteiger partial charge >= 0.3 is 14.9 Å². The lowest BCUT2D eigenvalue weighted by Crippen LogP contribution is -2.46. The molecule has 1 amide bonds. The van der Waals surface area contributed by atoms with Crippen molar-refractivity contribution in [3.8, 4) is 5.75 Å². The fraction of sp³-hybridized carbons (Fsp3) is 0.400. The quantitative estimate of drug-likeness (QED) is 0.169. The first kappa shape index (κ1) is 27.4. The van der Waals surface area contributed by atoms with Crippen LogP contribution >= 0.6 is 0 Å². The Hall–Kier alpha value is -2.85. The highest BCUT2D eigenvalue weighted by molar-refractivity contribution is 6.60. The molecule has 0 fully saturated rings. The molecule has 0 aliphatic carbocycles. The predicted octanol–water partition coefficient (Wildman–Crippen LogP) is 4.67. The molecule has 0 heterocycles. The highest BCUT2D eigenvalue weighted by atomic mass is 28.4. The minimum atomic E-state index is -2.78. The summed E-state index contributed by atoms with van der Waals surface area (Å²) in [5.74, 6) is -0.610. The maximum Gasteiger partial charge on any atom is 0.500 e. The van der Waals surface area contributed by atoms with E-state index in [0.717, 1.165) is 0 Å². The van der Waals surface area contributed by atoms with Crippen LogP contribution in [-0.4, -0.2) is 52.8 Å². The third kappa shape index (κ3) is 8.49. The minimum Gasteiger partial charge on any atom is -0.410 e. The fourth-order valence-electron chi connectivity index (χ4n) is 3.39. The van der Waals surface area contributed by atoms with Crippen LogP contribution in [0.3, 0.4) is 0 Å². The summed E-state index contributed by atoms with van der Waals surface area (Å²) in [6.07, 6.45) is -0.426. The van der Waals surface area contributed by atoms with Gasteiger partial charge in [-0.15, -0.1) is 0 Å². The van der Waals surface area contributed by atoms with Gasteiger partial charge in [0, 0.05) is 38.0 Å². The molecule has 2 rings (SSSR count). The van der Waals surface area contributed by atoms with E-state index >= 15 is 0 Å². The number of ether oxygens (including phenoxy) is 1. The number of amides is 1. The molecule has 184 valence electrons. The van der Waals surface area contributed by atoms with Gasteiger partial charge in [0.25, 0.3) is 0 Å². The highest BCUT2D eigenvalue weighted by Crippen LogP contribution is 2.21. The van der Waals surface area contributed by atoms with Gasteiger partial charge in [0.1, 0.15) is 5.75 Å². The standard InChI is InChI=1S/C25H33NO7Si/c1-4-30-34(31-5-2,32-6-3)18-12-17-26-25(29)33-24-16-11-10-15-21(24)23(28)19-22(27)20-13-8-7-9-14-20/h7-11,13-16H,4-6,12,17-19H2,1-3H3,(H,26,29). The Morgan fingerprint density at radius 3 is 2.00 bits per heavy atom. The lowest BCUT2D eigenvalue weighted by molar-refractivity contribution is 0.0707. The normalized spacial score (nSPS) is 11.1. The number of Topliss-reactive ketones (excluding diaryl/α,β-unsaturated/α-hetero) is 2. The van der Waals surface area contributed by atoms with Crippen LogP contribution in [0.15, 0.2) is 54.6 Å². The third-order valence-electron chi connectivity index (χ3n) is 4.83. The number of hydrogen-bond donors (Lipinski definition) is 1. The zero-order chi connectivity index (χ0) is 24.8. The molecular formula is C25H33NO7Si. The zero-order valence-electron chi connectivity index (χ0n) is 20.0. The van der Waals surface area contributed by atoms with E-state index in [9.17, 15) is 14.4 Å². The Labute approximate surface area is 201 Å². The maximum absolute atomic E-state index is 12.7. The van der Waals surface area contributed by atoms with E-state index in [1.807, 2.05) is 20.8 Å². The summed E-state index contributed by atoms with van der Waals surface area (Å²) in [5.41, 5.74) is 0.634. The fourth-order valence-corrected chi connectivity index (χ4v) is 6.00. The summed E-state index contributed by atoms with van der Waals surface area (Å²) in [4.78, 5) is 37.4. The largest absolute Gasteiger partial charge is 0.500 e. The van der Waals surface area contributed by atoms with Crippen LogP contribution in [0.1, 0.15) is 54.3 Å². The number of hydrogen-bond acceptors (Lipinski definition) is 7. The van der Waals surface area contributed by atoms with E-state index in [0.29, 0.717) is 44.4 Å². The molecule has 0 aliphatic rings. The van der Waals surface area contributed by atoms with E-state index < -0.39 is 20.7 Å². The van der Waals surface area contributed by atoms with Crippen molar-refractivity contribution in [2.24, 2.45) is 0 Å². The summed E-state index contributed by atoms with van der Waals surface area (Å²) in [5, 5.41) is 2.68. The van der Waals surface area contributed by atoms with Gasteiger partial charge in [-0.3, -0.25) is 9.59 Å². The molecule has 0 aliphatic heterocycles. The van der Waals surface area contributed by atoms with Crippen molar-refractivity contribution < 1.29 is 32.4 Å². The van der Waals surface area contributed by atoms with Crippen LogP contribution in [0.4, 0.5) is 4.79 Å². The van der Waals surface area contributed by atoms with Crippen LogP contribution in [0.25, 0.3) is 0 Å². The maximum atomic E-state index is 12.7. The molecule has 0 atom stereocenters. The number of rotatable bonds is 15. The van der Waals surface area contributed by atoms with Crippen molar-refractivity contribution in [1.82, 2.24) is 5.32 Å². The molecule has 34 heavy (non-hydrogen) atoms. The SMILES string of the molecule is CCO[Si](CCCNC(=O)Oc1ccccc1C(=O)CC(=O)c1ccccc1)(OCC)OCC. The first-order chi connectivity index (χ1) is 16.4. The van der Waals surface area contributed by atoms with Crippen molar-refractivity contribution in [3.63, 3.8) is 0 Å². The summed E-state index contributed by atoms with van der Waals surface area (Å²) in [6, 6.07) is 15.5. The average molecular weight is 488 g/mol. The molecular weight excluding hydrogens is 454 g/mol. The molecule has 0 saturated heterocycles. The summed E-state index contributed by atoms with van der Waals surface area (Å²) < 4.78 is 22.8. The number of ketones is 2. The Balaban J connectivity index is 1.91. The van der Waals surface area contributed by atoms with Crippen LogP contribution in [0.5, 0.6) is 5.75 Å². The number of para-hydroxylation sites is 1. The van der Waals surface area contributed by atoms with Gasteiger partial charge in [0.15, 0.2) is 11.6 Å². The molecule has 2 aromatic carbocycles. The second kappa shape index (κ2) is 14.4. The van der Waals surface area contributed by atoms with Crippen molar-refractivity contribution in [2.45, 2.75) is 39.7 Å². The van der Waals surface area contributed by atoms with Gasteiger partial charge < -0.3 is 23.3 Å². The summed E-state index contributed by atoms with van der Waals surface area (Å²) >= 11 is 0. The van der Waals surface area contributed by atoms with E-state index in [2.05, 4.69) is 5.32 Å². The molecule has 0 saturated carbocycles. The van der Waals surface area contributed by atoms with Gasteiger partial charge in [-0.05, 0) is 39.3 Å². The molecule has 0 spiro atoms. The third-order valence-corrected chi connectivity index (χ3v) is 7.98. The van der Waals surface area contributed by atoms with Gasteiger partial charge in [0.2, 0.25) is 0 Å². The van der Waals surface area contributed by atoms with E-state index in [1.54, 1.807) is 42.5 Å². The summed E-state index contributed by atoms with van der Waals surface area (Å²) in [6.45, 7) is 7.45. The first-order valence-electron chi connectivity index (χ1n) is 11.5. The van der Waals surface area contributed by atoms with E-state index in [1.165, 1.54) is 12.1 Å². The van der Waals surface area contributed by atoms with Crippen molar-refractivity contribution >= 4 is 26.5 Å². The van der Waals surface area contributed by atoms with Gasteiger partial charge in [-0.1, -0.05) is 42.5 Å². The van der Waals surface area contributed by atoms with Crippen molar-refractivity contribution in [2.75, 3.05) is 26.4 Å². The first-order valence-corrected chi connectivity index (χ1v) is 13.5. The monoisotopic (exact) mass is 487 g/mol. The molecule has 9 heteroatoms. The average Bonchev–Trinajstić information content (AvgIpc) is 2.83. The Morgan fingerprint density at radius 1 is 0.794 bits per heavy atom. The molecule has 0 bridgehead atoms. The van der Waals surface area contributed by atoms with Gasteiger partial charge in [-0.25, -0.2) is 4.79 Å². The number of carbonyl (C=O) groups excluding carboxylic acids is 3.